The Hall–Kier alpha value is -5.60. The van der Waals surface area contributed by atoms with Crippen LogP contribution >= 0.6 is 0 Å². The number of benzene rings is 7. The summed E-state index contributed by atoms with van der Waals surface area (Å²) >= 11 is 0. The quantitative estimate of drug-likeness (QED) is 0.210. The average Bonchev–Trinajstić information content (AvgIpc) is 3.69. The van der Waals surface area contributed by atoms with Crippen molar-refractivity contribution in [3.05, 3.63) is 146 Å². The molecule has 2 nitrogen and oxygen atoms in total. The van der Waals surface area contributed by atoms with E-state index in [2.05, 4.69) is 121 Å². The minimum atomic E-state index is 0.788. The van der Waals surface area contributed by atoms with Crippen LogP contribution in [0.2, 0.25) is 0 Å². The summed E-state index contributed by atoms with van der Waals surface area (Å²) in [5, 5.41) is 8.26. The molecule has 0 saturated heterocycles. The Morgan fingerprint density at radius 2 is 0.881 bits per heavy atom. The van der Waals surface area contributed by atoms with E-state index in [1.54, 1.807) is 6.26 Å². The number of para-hydroxylation sites is 1. The van der Waals surface area contributed by atoms with Crippen molar-refractivity contribution in [2.24, 2.45) is 0 Å². The number of rotatable bonds is 3. The SMILES string of the molecule is c1ccc(-c2c3ccccc3c(-c3ccc(-c4cc5c6ccccc6oc5c5occc45)cc3)c3ccccc23)cc1. The van der Waals surface area contributed by atoms with Gasteiger partial charge in [0.25, 0.3) is 0 Å². The molecular weight excluding hydrogens is 512 g/mol. The number of furan rings is 2. The molecule has 2 aromatic heterocycles. The van der Waals surface area contributed by atoms with E-state index in [1.165, 1.54) is 43.8 Å². The van der Waals surface area contributed by atoms with Crippen molar-refractivity contribution in [2.45, 2.75) is 0 Å². The molecule has 0 aliphatic rings. The van der Waals surface area contributed by atoms with Gasteiger partial charge in [-0.05, 0) is 73.1 Å². The predicted octanol–water partition coefficient (Wildman–Crippen LogP) is 11.6. The maximum atomic E-state index is 6.22. The summed E-state index contributed by atoms with van der Waals surface area (Å²) in [4.78, 5) is 0. The summed E-state index contributed by atoms with van der Waals surface area (Å²) in [6.45, 7) is 0. The Balaban J connectivity index is 1.27. The van der Waals surface area contributed by atoms with Crippen LogP contribution in [-0.2, 0) is 0 Å². The van der Waals surface area contributed by atoms with Crippen molar-refractivity contribution in [1.82, 2.24) is 0 Å². The molecule has 0 saturated carbocycles. The van der Waals surface area contributed by atoms with Crippen molar-refractivity contribution in [2.75, 3.05) is 0 Å². The van der Waals surface area contributed by atoms with E-state index >= 15 is 0 Å². The fourth-order valence-corrected chi connectivity index (χ4v) is 6.71. The van der Waals surface area contributed by atoms with Crippen LogP contribution in [0.4, 0.5) is 0 Å². The Morgan fingerprint density at radius 1 is 0.357 bits per heavy atom. The molecule has 42 heavy (non-hydrogen) atoms. The molecule has 7 aromatic carbocycles. The van der Waals surface area contributed by atoms with Crippen LogP contribution in [0, 0.1) is 0 Å². The molecule has 0 aliphatic heterocycles. The molecule has 0 spiro atoms. The van der Waals surface area contributed by atoms with Gasteiger partial charge in [0.2, 0.25) is 0 Å². The van der Waals surface area contributed by atoms with Crippen LogP contribution in [0.5, 0.6) is 0 Å². The van der Waals surface area contributed by atoms with Crippen molar-refractivity contribution >= 4 is 54.5 Å². The Kier molecular flexibility index (Phi) is 4.93. The van der Waals surface area contributed by atoms with Crippen LogP contribution in [0.3, 0.4) is 0 Å². The molecule has 2 heterocycles. The fraction of sp³-hybridized carbons (Fsp3) is 0. The van der Waals surface area contributed by atoms with E-state index in [0.29, 0.717) is 0 Å². The first-order chi connectivity index (χ1) is 20.8. The number of fused-ring (bicyclic) bond motifs is 7. The zero-order valence-corrected chi connectivity index (χ0v) is 22.7. The molecule has 2 heteroatoms. The van der Waals surface area contributed by atoms with Gasteiger partial charge in [-0.25, -0.2) is 0 Å². The molecule has 0 unspecified atom stereocenters. The zero-order chi connectivity index (χ0) is 27.6. The van der Waals surface area contributed by atoms with Gasteiger partial charge in [-0.1, -0.05) is 121 Å². The van der Waals surface area contributed by atoms with Gasteiger partial charge in [0.1, 0.15) is 5.58 Å². The molecule has 0 radical (unpaired) electrons. The Morgan fingerprint density at radius 3 is 1.52 bits per heavy atom. The zero-order valence-electron chi connectivity index (χ0n) is 22.7. The van der Waals surface area contributed by atoms with E-state index in [4.69, 9.17) is 8.83 Å². The summed E-state index contributed by atoms with van der Waals surface area (Å²) in [6, 6.07) is 49.8. The minimum absolute atomic E-state index is 0.788. The normalized spacial score (nSPS) is 11.8. The molecule has 196 valence electrons. The predicted molar refractivity (Wildman–Crippen MR) is 175 cm³/mol. The standard InChI is InChI=1S/C40H24O2/c1-2-10-26(11-3-1)37-29-13-4-6-15-31(29)38(32-16-7-5-14-30(32)37)27-20-18-25(19-21-27)34-24-35-28-12-8-9-17-36(28)42-40(35)39-33(34)22-23-41-39/h1-24H. The van der Waals surface area contributed by atoms with E-state index < -0.39 is 0 Å². The van der Waals surface area contributed by atoms with Gasteiger partial charge in [-0.2, -0.15) is 0 Å². The Bertz CT molecular complexity index is 2380. The van der Waals surface area contributed by atoms with Crippen LogP contribution in [0.15, 0.2) is 155 Å². The van der Waals surface area contributed by atoms with Crippen molar-refractivity contribution in [3.8, 4) is 33.4 Å². The van der Waals surface area contributed by atoms with E-state index in [-0.39, 0.29) is 0 Å². The van der Waals surface area contributed by atoms with E-state index in [9.17, 15) is 0 Å². The maximum absolute atomic E-state index is 6.22. The van der Waals surface area contributed by atoms with E-state index in [0.717, 1.165) is 44.0 Å². The summed E-state index contributed by atoms with van der Waals surface area (Å²) in [6.07, 6.45) is 1.75. The van der Waals surface area contributed by atoms with Crippen LogP contribution < -0.4 is 0 Å². The lowest BCUT2D eigenvalue weighted by Gasteiger charge is -2.18. The smallest absolute Gasteiger partial charge is 0.178 e. The van der Waals surface area contributed by atoms with Gasteiger partial charge in [0.15, 0.2) is 11.2 Å². The third-order valence-electron chi connectivity index (χ3n) is 8.56. The maximum Gasteiger partial charge on any atom is 0.178 e. The molecule has 0 bridgehead atoms. The highest BCUT2D eigenvalue weighted by atomic mass is 16.4. The first kappa shape index (κ1) is 23.1. The topological polar surface area (TPSA) is 26.3 Å². The summed E-state index contributed by atoms with van der Waals surface area (Å²) < 4.78 is 12.2. The van der Waals surface area contributed by atoms with Crippen molar-refractivity contribution in [3.63, 3.8) is 0 Å². The third-order valence-corrected chi connectivity index (χ3v) is 8.56. The first-order valence-corrected chi connectivity index (χ1v) is 14.3. The van der Waals surface area contributed by atoms with Gasteiger partial charge in [0.05, 0.1) is 6.26 Å². The number of hydrogen-bond donors (Lipinski definition) is 0. The highest BCUT2D eigenvalue weighted by Crippen LogP contribution is 2.45. The molecule has 9 rings (SSSR count). The minimum Gasteiger partial charge on any atom is -0.460 e. The molecule has 0 fully saturated rings. The van der Waals surface area contributed by atoms with Gasteiger partial charge in [-0.15, -0.1) is 0 Å². The second-order valence-corrected chi connectivity index (χ2v) is 10.8. The van der Waals surface area contributed by atoms with Gasteiger partial charge < -0.3 is 8.83 Å². The summed E-state index contributed by atoms with van der Waals surface area (Å²) in [5.41, 5.74) is 9.72. The van der Waals surface area contributed by atoms with Crippen molar-refractivity contribution < 1.29 is 8.83 Å². The monoisotopic (exact) mass is 536 g/mol. The van der Waals surface area contributed by atoms with Crippen LogP contribution in [0.25, 0.3) is 87.8 Å². The second kappa shape index (κ2) is 8.95. The van der Waals surface area contributed by atoms with Crippen molar-refractivity contribution in [1.29, 1.82) is 0 Å². The lowest BCUT2D eigenvalue weighted by Crippen LogP contribution is -1.90. The fourth-order valence-electron chi connectivity index (χ4n) is 6.71. The van der Waals surface area contributed by atoms with E-state index in [1.807, 2.05) is 18.2 Å². The number of hydrogen-bond acceptors (Lipinski definition) is 2. The lowest BCUT2D eigenvalue weighted by atomic mass is 9.85. The second-order valence-electron chi connectivity index (χ2n) is 10.8. The van der Waals surface area contributed by atoms with Gasteiger partial charge in [-0.3, -0.25) is 0 Å². The Labute approximate surface area is 242 Å². The third kappa shape index (κ3) is 3.33. The molecule has 0 N–H and O–H groups in total. The first-order valence-electron chi connectivity index (χ1n) is 14.3. The van der Waals surface area contributed by atoms with Gasteiger partial charge in [0, 0.05) is 16.2 Å². The molecule has 0 aliphatic carbocycles. The van der Waals surface area contributed by atoms with Crippen LogP contribution in [-0.4, -0.2) is 0 Å². The lowest BCUT2D eigenvalue weighted by molar-refractivity contribution is 0.600. The molecular formula is C40H24O2. The molecule has 9 aromatic rings. The van der Waals surface area contributed by atoms with Crippen LogP contribution in [0.1, 0.15) is 0 Å². The average molecular weight is 537 g/mol. The largest absolute Gasteiger partial charge is 0.460 e. The van der Waals surface area contributed by atoms with Gasteiger partial charge >= 0.3 is 0 Å². The summed E-state index contributed by atoms with van der Waals surface area (Å²) in [5.74, 6) is 0. The highest BCUT2D eigenvalue weighted by Gasteiger charge is 2.19. The molecule has 0 amide bonds. The highest BCUT2D eigenvalue weighted by molar-refractivity contribution is 6.22. The summed E-state index contributed by atoms with van der Waals surface area (Å²) in [7, 11) is 0. The molecule has 0 atom stereocenters.